The number of piperazine rings is 1. The van der Waals surface area contributed by atoms with Crippen LogP contribution in [0, 0.1) is 12.7 Å². The number of rotatable bonds is 8. The summed E-state index contributed by atoms with van der Waals surface area (Å²) in [5.74, 6) is 0.0190. The van der Waals surface area contributed by atoms with Crippen molar-refractivity contribution in [3.05, 3.63) is 53.0 Å². The van der Waals surface area contributed by atoms with Crippen molar-refractivity contribution in [3.63, 3.8) is 0 Å². The Bertz CT molecular complexity index is 1180. The number of esters is 1. The number of halogens is 1. The van der Waals surface area contributed by atoms with Gasteiger partial charge in [0.15, 0.2) is 5.13 Å². The average molecular weight is 517 g/mol. The van der Waals surface area contributed by atoms with E-state index in [4.69, 9.17) is 4.74 Å². The summed E-state index contributed by atoms with van der Waals surface area (Å²) in [6.07, 6.45) is 1.50. The van der Waals surface area contributed by atoms with Crippen molar-refractivity contribution in [2.24, 2.45) is 0 Å². The van der Waals surface area contributed by atoms with Crippen LogP contribution in [0.15, 0.2) is 41.7 Å². The highest BCUT2D eigenvalue weighted by Gasteiger charge is 2.20. The Labute approximate surface area is 210 Å². The van der Waals surface area contributed by atoms with Gasteiger partial charge in [0.25, 0.3) is 0 Å². The zero-order valence-electron chi connectivity index (χ0n) is 19.4. The maximum Gasteiger partial charge on any atom is 0.350 e. The number of hydrogen-bond donors (Lipinski definition) is 1. The molecule has 0 bridgehead atoms. The SMILES string of the molecule is CCOC(=O)c1sc(NC(=O)CSc2cc(N3CCN(c4ccc(F)cc4)CC3)ncn2)nc1C. The van der Waals surface area contributed by atoms with Gasteiger partial charge >= 0.3 is 5.97 Å². The van der Waals surface area contributed by atoms with E-state index in [0.717, 1.165) is 49.0 Å². The number of hydrogen-bond acceptors (Lipinski definition) is 10. The maximum atomic E-state index is 13.2. The van der Waals surface area contributed by atoms with Gasteiger partial charge in [-0.15, -0.1) is 0 Å². The number of benzene rings is 1. The molecule has 1 N–H and O–H groups in total. The third-order valence-electron chi connectivity index (χ3n) is 5.28. The van der Waals surface area contributed by atoms with E-state index in [1.54, 1.807) is 26.0 Å². The molecule has 1 aliphatic rings. The Morgan fingerprint density at radius 1 is 1.14 bits per heavy atom. The Morgan fingerprint density at radius 3 is 2.57 bits per heavy atom. The smallest absolute Gasteiger partial charge is 0.350 e. The van der Waals surface area contributed by atoms with Crippen molar-refractivity contribution < 1.29 is 18.7 Å². The van der Waals surface area contributed by atoms with Crippen LogP contribution in [0.2, 0.25) is 0 Å². The predicted octanol–water partition coefficient (Wildman–Crippen LogP) is 3.61. The van der Waals surface area contributed by atoms with Gasteiger partial charge in [0, 0.05) is 37.9 Å². The molecule has 0 saturated carbocycles. The molecule has 3 heterocycles. The topological polar surface area (TPSA) is 101 Å². The normalized spacial score (nSPS) is 13.6. The van der Waals surface area contributed by atoms with Crippen LogP contribution in [-0.2, 0) is 9.53 Å². The Kier molecular flexibility index (Phi) is 8.13. The summed E-state index contributed by atoms with van der Waals surface area (Å²) >= 11 is 2.40. The minimum atomic E-state index is -0.440. The summed E-state index contributed by atoms with van der Waals surface area (Å²) in [5.41, 5.74) is 1.53. The predicted molar refractivity (Wildman–Crippen MR) is 135 cm³/mol. The molecule has 0 aliphatic carbocycles. The van der Waals surface area contributed by atoms with Gasteiger partial charge in [0.1, 0.15) is 27.9 Å². The first-order chi connectivity index (χ1) is 16.9. The van der Waals surface area contributed by atoms with E-state index < -0.39 is 5.97 Å². The first-order valence-corrected chi connectivity index (χ1v) is 12.9. The van der Waals surface area contributed by atoms with Gasteiger partial charge in [-0.25, -0.2) is 24.1 Å². The number of aromatic nitrogens is 3. The lowest BCUT2D eigenvalue weighted by atomic mass is 10.2. The van der Waals surface area contributed by atoms with E-state index in [2.05, 4.69) is 30.1 Å². The summed E-state index contributed by atoms with van der Waals surface area (Å²) in [6, 6.07) is 8.40. The molecule has 35 heavy (non-hydrogen) atoms. The van der Waals surface area contributed by atoms with E-state index in [9.17, 15) is 14.0 Å². The molecule has 9 nitrogen and oxygen atoms in total. The molecule has 3 aromatic rings. The van der Waals surface area contributed by atoms with Gasteiger partial charge in [-0.05, 0) is 38.1 Å². The van der Waals surface area contributed by atoms with Gasteiger partial charge in [-0.2, -0.15) is 0 Å². The number of thioether (sulfide) groups is 1. The lowest BCUT2D eigenvalue weighted by Gasteiger charge is -2.36. The van der Waals surface area contributed by atoms with E-state index in [-0.39, 0.29) is 24.1 Å². The van der Waals surface area contributed by atoms with Gasteiger partial charge in [0.05, 0.1) is 18.1 Å². The Morgan fingerprint density at radius 2 is 1.86 bits per heavy atom. The van der Waals surface area contributed by atoms with Gasteiger partial charge in [0.2, 0.25) is 5.91 Å². The number of carbonyl (C=O) groups is 2. The summed E-state index contributed by atoms with van der Waals surface area (Å²) in [7, 11) is 0. The number of anilines is 3. The molecule has 4 rings (SSSR count). The summed E-state index contributed by atoms with van der Waals surface area (Å²) < 4.78 is 18.2. The molecule has 1 fully saturated rings. The second-order valence-electron chi connectivity index (χ2n) is 7.66. The number of ether oxygens (including phenoxy) is 1. The zero-order valence-corrected chi connectivity index (χ0v) is 21.0. The average Bonchev–Trinajstić information content (AvgIpc) is 3.23. The van der Waals surface area contributed by atoms with Crippen LogP contribution < -0.4 is 15.1 Å². The van der Waals surface area contributed by atoms with Crippen molar-refractivity contribution in [1.29, 1.82) is 0 Å². The van der Waals surface area contributed by atoms with Crippen molar-refractivity contribution in [2.75, 3.05) is 53.7 Å². The molecule has 1 aromatic carbocycles. The lowest BCUT2D eigenvalue weighted by molar-refractivity contribution is -0.113. The highest BCUT2D eigenvalue weighted by molar-refractivity contribution is 7.99. The van der Waals surface area contributed by atoms with E-state index in [1.807, 2.05) is 6.07 Å². The van der Waals surface area contributed by atoms with E-state index in [0.29, 0.717) is 20.7 Å². The second-order valence-corrected chi connectivity index (χ2v) is 9.65. The van der Waals surface area contributed by atoms with Crippen molar-refractivity contribution in [1.82, 2.24) is 15.0 Å². The molecular formula is C23H25FN6O3S2. The molecule has 1 aliphatic heterocycles. The van der Waals surface area contributed by atoms with Crippen LogP contribution in [0.1, 0.15) is 22.3 Å². The van der Waals surface area contributed by atoms with Crippen LogP contribution >= 0.6 is 23.1 Å². The fourth-order valence-corrected chi connectivity index (χ4v) is 5.10. The molecule has 0 radical (unpaired) electrons. The molecule has 12 heteroatoms. The third-order valence-corrected chi connectivity index (χ3v) is 7.26. The standard InChI is InChI=1S/C23H25FN6O3S2/c1-3-33-22(32)21-15(2)27-23(35-21)28-19(31)13-34-20-12-18(25-14-26-20)30-10-8-29(9-11-30)17-6-4-16(24)5-7-17/h4-7,12,14H,3,8-11,13H2,1-2H3,(H,27,28,31). The number of nitrogens with zero attached hydrogens (tertiary/aromatic N) is 5. The zero-order chi connectivity index (χ0) is 24.8. The highest BCUT2D eigenvalue weighted by Crippen LogP contribution is 2.25. The summed E-state index contributed by atoms with van der Waals surface area (Å²) in [6.45, 7) is 6.84. The number of nitrogens with one attached hydrogen (secondary N) is 1. The monoisotopic (exact) mass is 516 g/mol. The quantitative estimate of drug-likeness (QED) is 0.273. The Hall–Kier alpha value is -3.25. The number of thiazole rings is 1. The Balaban J connectivity index is 1.29. The van der Waals surface area contributed by atoms with Gasteiger partial charge in [-0.3, -0.25) is 4.79 Å². The van der Waals surface area contributed by atoms with E-state index in [1.165, 1.54) is 30.2 Å². The molecule has 0 spiro atoms. The van der Waals surface area contributed by atoms with Crippen LogP contribution in [0.25, 0.3) is 0 Å². The van der Waals surface area contributed by atoms with Crippen LogP contribution in [-0.4, -0.2) is 65.4 Å². The number of aryl methyl sites for hydroxylation is 1. The maximum absolute atomic E-state index is 13.2. The van der Waals surface area contributed by atoms with Crippen LogP contribution in [0.3, 0.4) is 0 Å². The minimum absolute atomic E-state index is 0.141. The highest BCUT2D eigenvalue weighted by atomic mass is 32.2. The minimum Gasteiger partial charge on any atom is -0.462 e. The van der Waals surface area contributed by atoms with Crippen molar-refractivity contribution in [2.45, 2.75) is 18.9 Å². The van der Waals surface area contributed by atoms with Crippen LogP contribution in [0.5, 0.6) is 0 Å². The summed E-state index contributed by atoms with van der Waals surface area (Å²) in [5, 5.41) is 3.78. The molecular weight excluding hydrogens is 491 g/mol. The summed E-state index contributed by atoms with van der Waals surface area (Å²) in [4.78, 5) is 42.0. The largest absolute Gasteiger partial charge is 0.462 e. The van der Waals surface area contributed by atoms with Gasteiger partial charge < -0.3 is 19.9 Å². The fraction of sp³-hybridized carbons (Fsp3) is 0.348. The number of amides is 1. The fourth-order valence-electron chi connectivity index (χ4n) is 3.56. The molecule has 1 amide bonds. The van der Waals surface area contributed by atoms with E-state index >= 15 is 0 Å². The first kappa shape index (κ1) is 24.9. The lowest BCUT2D eigenvalue weighted by Crippen LogP contribution is -2.46. The molecule has 2 aromatic heterocycles. The van der Waals surface area contributed by atoms with Crippen molar-refractivity contribution in [3.8, 4) is 0 Å². The first-order valence-electron chi connectivity index (χ1n) is 11.1. The van der Waals surface area contributed by atoms with Crippen LogP contribution in [0.4, 0.5) is 21.0 Å². The molecule has 0 atom stereocenters. The van der Waals surface area contributed by atoms with Crippen molar-refractivity contribution >= 4 is 51.6 Å². The molecule has 0 unspecified atom stereocenters. The molecule has 1 saturated heterocycles. The third kappa shape index (κ3) is 6.45. The van der Waals surface area contributed by atoms with Gasteiger partial charge in [-0.1, -0.05) is 23.1 Å². The molecule has 184 valence electrons. The second kappa shape index (κ2) is 11.5. The number of carbonyl (C=O) groups excluding carboxylic acids is 2.